The zero-order chi connectivity index (χ0) is 17.8. The second-order valence-electron chi connectivity index (χ2n) is 6.39. The number of likely N-dealkylation sites (tertiary alicyclic amines) is 1. The first-order chi connectivity index (χ1) is 12.1. The van der Waals surface area contributed by atoms with Gasteiger partial charge in [0.1, 0.15) is 16.8 Å². The summed E-state index contributed by atoms with van der Waals surface area (Å²) in [7, 11) is 1.61. The Hall–Kier alpha value is -2.26. The number of amides is 1. The summed E-state index contributed by atoms with van der Waals surface area (Å²) in [6.45, 7) is 3.84. The van der Waals surface area contributed by atoms with E-state index in [1.807, 2.05) is 29.2 Å². The molecule has 5 nitrogen and oxygen atoms in total. The van der Waals surface area contributed by atoms with Crippen molar-refractivity contribution < 1.29 is 9.53 Å². The second kappa shape index (κ2) is 7.75. The number of thioether (sulfide) groups is 1. The molecule has 0 radical (unpaired) electrons. The molecule has 1 fully saturated rings. The summed E-state index contributed by atoms with van der Waals surface area (Å²) in [5, 5.41) is 10.9. The van der Waals surface area contributed by atoms with E-state index in [0.29, 0.717) is 22.3 Å². The molecule has 1 aliphatic heterocycles. The highest BCUT2D eigenvalue weighted by atomic mass is 32.2. The van der Waals surface area contributed by atoms with E-state index in [2.05, 4.69) is 18.0 Å². The maximum absolute atomic E-state index is 12.5. The number of nitriles is 1. The van der Waals surface area contributed by atoms with Gasteiger partial charge in [-0.25, -0.2) is 4.98 Å². The maximum atomic E-state index is 12.5. The smallest absolute Gasteiger partial charge is 0.232 e. The first-order valence-corrected chi connectivity index (χ1v) is 9.38. The highest BCUT2D eigenvalue weighted by Crippen LogP contribution is 2.27. The van der Waals surface area contributed by atoms with E-state index in [-0.39, 0.29) is 5.91 Å². The van der Waals surface area contributed by atoms with E-state index in [9.17, 15) is 10.1 Å². The van der Waals surface area contributed by atoms with Gasteiger partial charge in [0.2, 0.25) is 5.91 Å². The van der Waals surface area contributed by atoms with Crippen LogP contribution in [0.1, 0.15) is 25.3 Å². The number of methoxy groups -OCH3 is 1. The normalized spacial score (nSPS) is 17.3. The summed E-state index contributed by atoms with van der Waals surface area (Å²) >= 11 is 1.34. The van der Waals surface area contributed by atoms with Gasteiger partial charge in [-0.3, -0.25) is 4.79 Å². The number of carbonyl (C=O) groups is 1. The topological polar surface area (TPSA) is 66.2 Å². The van der Waals surface area contributed by atoms with Crippen LogP contribution in [0.15, 0.2) is 29.3 Å². The lowest BCUT2D eigenvalue weighted by Crippen LogP contribution is -2.40. The number of carbonyl (C=O) groups excluding carboxylic acids is 1. The van der Waals surface area contributed by atoms with Crippen molar-refractivity contribution in [3.63, 3.8) is 0 Å². The van der Waals surface area contributed by atoms with Crippen LogP contribution in [-0.4, -0.2) is 41.7 Å². The van der Waals surface area contributed by atoms with E-state index < -0.39 is 0 Å². The molecule has 0 bridgehead atoms. The van der Waals surface area contributed by atoms with Crippen LogP contribution in [0.3, 0.4) is 0 Å². The number of pyridine rings is 1. The lowest BCUT2D eigenvalue weighted by Gasteiger charge is -2.30. The Bertz CT molecular complexity index is 831. The molecular weight excluding hydrogens is 334 g/mol. The average Bonchev–Trinajstić information content (AvgIpc) is 2.64. The molecule has 1 saturated heterocycles. The van der Waals surface area contributed by atoms with Crippen molar-refractivity contribution in [2.45, 2.75) is 24.8 Å². The SMILES string of the molecule is COc1ccc2cc(C#N)c(SCC(=O)N3CCCC(C)C3)nc2c1. The van der Waals surface area contributed by atoms with Crippen molar-refractivity contribution >= 4 is 28.6 Å². The number of rotatable bonds is 4. The Balaban J connectivity index is 1.77. The molecule has 0 aliphatic carbocycles. The zero-order valence-electron chi connectivity index (χ0n) is 14.5. The largest absolute Gasteiger partial charge is 0.497 e. The Morgan fingerprint density at radius 2 is 2.32 bits per heavy atom. The molecule has 25 heavy (non-hydrogen) atoms. The molecule has 1 atom stereocenters. The minimum atomic E-state index is 0.118. The number of piperidine rings is 1. The molecule has 6 heteroatoms. The van der Waals surface area contributed by atoms with Gasteiger partial charge in [0.15, 0.2) is 0 Å². The molecule has 1 aliphatic rings. The fourth-order valence-corrected chi connectivity index (χ4v) is 3.95. The lowest BCUT2D eigenvalue weighted by atomic mass is 10.0. The summed E-state index contributed by atoms with van der Waals surface area (Å²) < 4.78 is 5.23. The van der Waals surface area contributed by atoms with Gasteiger partial charge < -0.3 is 9.64 Å². The summed E-state index contributed by atoms with van der Waals surface area (Å²) in [5.41, 5.74) is 1.27. The predicted octanol–water partition coefficient (Wildman–Crippen LogP) is 3.47. The fourth-order valence-electron chi connectivity index (χ4n) is 3.08. The maximum Gasteiger partial charge on any atom is 0.232 e. The highest BCUT2D eigenvalue weighted by molar-refractivity contribution is 8.00. The van der Waals surface area contributed by atoms with Crippen molar-refractivity contribution in [2.75, 3.05) is 26.0 Å². The minimum Gasteiger partial charge on any atom is -0.497 e. The molecule has 2 aromatic rings. The monoisotopic (exact) mass is 355 g/mol. The van der Waals surface area contributed by atoms with Crippen LogP contribution in [0.5, 0.6) is 5.75 Å². The number of fused-ring (bicyclic) bond motifs is 1. The standard InChI is InChI=1S/C19H21N3O2S/c1-13-4-3-7-22(11-13)18(23)12-25-19-15(10-20)8-14-5-6-16(24-2)9-17(14)21-19/h5-6,8-9,13H,3-4,7,11-12H2,1-2H3. The molecule has 0 spiro atoms. The van der Waals surface area contributed by atoms with Crippen LogP contribution in [0.2, 0.25) is 0 Å². The van der Waals surface area contributed by atoms with Gasteiger partial charge in [-0.05, 0) is 37.0 Å². The van der Waals surface area contributed by atoms with Gasteiger partial charge in [0.25, 0.3) is 0 Å². The van der Waals surface area contributed by atoms with E-state index in [4.69, 9.17) is 4.74 Å². The summed E-state index contributed by atoms with van der Waals surface area (Å²) in [6, 6.07) is 9.58. The number of nitrogens with zero attached hydrogens (tertiary/aromatic N) is 3. The van der Waals surface area contributed by atoms with Gasteiger partial charge in [-0.15, -0.1) is 0 Å². The Morgan fingerprint density at radius 3 is 3.04 bits per heavy atom. The van der Waals surface area contributed by atoms with E-state index in [0.717, 1.165) is 36.2 Å². The first kappa shape index (κ1) is 17.6. The minimum absolute atomic E-state index is 0.118. The quantitative estimate of drug-likeness (QED) is 0.786. The van der Waals surface area contributed by atoms with Crippen molar-refractivity contribution in [1.82, 2.24) is 9.88 Å². The molecule has 1 unspecified atom stereocenters. The van der Waals surface area contributed by atoms with Gasteiger partial charge >= 0.3 is 0 Å². The van der Waals surface area contributed by atoms with Gasteiger partial charge in [0, 0.05) is 24.5 Å². The molecule has 1 amide bonds. The highest BCUT2D eigenvalue weighted by Gasteiger charge is 2.21. The zero-order valence-corrected chi connectivity index (χ0v) is 15.3. The van der Waals surface area contributed by atoms with Crippen LogP contribution in [0, 0.1) is 17.2 Å². The van der Waals surface area contributed by atoms with Crippen molar-refractivity contribution in [1.29, 1.82) is 5.26 Å². The second-order valence-corrected chi connectivity index (χ2v) is 7.35. The molecule has 0 saturated carbocycles. The lowest BCUT2D eigenvalue weighted by molar-refractivity contribution is -0.130. The number of ether oxygens (including phenoxy) is 1. The Kier molecular flexibility index (Phi) is 5.44. The Labute approximate surface area is 152 Å². The molecule has 2 heterocycles. The number of benzene rings is 1. The van der Waals surface area contributed by atoms with Crippen molar-refractivity contribution in [3.8, 4) is 11.8 Å². The van der Waals surface area contributed by atoms with Crippen molar-refractivity contribution in [2.24, 2.45) is 5.92 Å². The number of hydrogen-bond acceptors (Lipinski definition) is 5. The fraction of sp³-hybridized carbons (Fsp3) is 0.421. The van der Waals surface area contributed by atoms with Crippen molar-refractivity contribution in [3.05, 3.63) is 29.8 Å². The summed E-state index contributed by atoms with van der Waals surface area (Å²) in [6.07, 6.45) is 2.25. The van der Waals surface area contributed by atoms with Gasteiger partial charge in [0.05, 0.1) is 23.9 Å². The average molecular weight is 355 g/mol. The van der Waals surface area contributed by atoms with E-state index in [1.54, 1.807) is 7.11 Å². The predicted molar refractivity (Wildman–Crippen MR) is 98.7 cm³/mol. The molecule has 3 rings (SSSR count). The van der Waals surface area contributed by atoms with Crippen LogP contribution in [0.4, 0.5) is 0 Å². The molecule has 0 N–H and O–H groups in total. The number of hydrogen-bond donors (Lipinski definition) is 0. The number of aromatic nitrogens is 1. The third-order valence-corrected chi connectivity index (χ3v) is 5.43. The molecular formula is C19H21N3O2S. The van der Waals surface area contributed by atoms with Crippen LogP contribution < -0.4 is 4.74 Å². The van der Waals surface area contributed by atoms with Crippen LogP contribution in [0.25, 0.3) is 10.9 Å². The summed E-state index contributed by atoms with van der Waals surface area (Å²) in [5.74, 6) is 1.71. The van der Waals surface area contributed by atoms with Gasteiger partial charge in [-0.1, -0.05) is 18.7 Å². The molecule has 1 aromatic carbocycles. The van der Waals surface area contributed by atoms with E-state index >= 15 is 0 Å². The molecule has 130 valence electrons. The van der Waals surface area contributed by atoms with Crippen LogP contribution >= 0.6 is 11.8 Å². The summed E-state index contributed by atoms with van der Waals surface area (Å²) in [4.78, 5) is 19.0. The molecule has 1 aromatic heterocycles. The van der Waals surface area contributed by atoms with E-state index in [1.165, 1.54) is 18.2 Å². The third kappa shape index (κ3) is 4.05. The first-order valence-electron chi connectivity index (χ1n) is 8.40. The van der Waals surface area contributed by atoms with Gasteiger partial charge in [-0.2, -0.15) is 5.26 Å². The Morgan fingerprint density at radius 1 is 1.48 bits per heavy atom. The third-order valence-electron chi connectivity index (χ3n) is 4.45. The van der Waals surface area contributed by atoms with Crippen LogP contribution in [-0.2, 0) is 4.79 Å².